The molecule has 0 aliphatic heterocycles. The summed E-state index contributed by atoms with van der Waals surface area (Å²) >= 11 is 0. The zero-order valence-corrected chi connectivity index (χ0v) is 20.8. The highest BCUT2D eigenvalue weighted by molar-refractivity contribution is 5.85. The fourth-order valence-electron chi connectivity index (χ4n) is 4.78. The molecule has 6 nitrogen and oxygen atoms in total. The van der Waals surface area contributed by atoms with E-state index in [1.165, 1.54) is 42.3 Å². The van der Waals surface area contributed by atoms with Gasteiger partial charge in [0.05, 0.1) is 6.20 Å². The molecule has 2 unspecified atom stereocenters. The molecule has 1 aromatic heterocycles. The Morgan fingerprint density at radius 2 is 1.85 bits per heavy atom. The standard InChI is InChI=1S/C25H34N4O2.2ClH/c1-2-20(12-18-6-4-3-5-7-18)23-13-24(23)28-22-10-8-21(9-11-22)26-14-19-15-27-29(16-19)17-25(30)31;;/h3-7,12,15-16,21-24,26,28H,2,8-11,13-14,17H2,1H3,(H,30,31);2*1H/b20-12+;;. The molecular weight excluding hydrogens is 459 g/mol. The van der Waals surface area contributed by atoms with Crippen molar-refractivity contribution in [3.8, 4) is 0 Å². The van der Waals surface area contributed by atoms with Gasteiger partial charge in [-0.2, -0.15) is 5.10 Å². The number of halogens is 2. The highest BCUT2D eigenvalue weighted by atomic mass is 35.5. The molecule has 4 rings (SSSR count). The molecule has 0 saturated heterocycles. The van der Waals surface area contributed by atoms with Gasteiger partial charge in [-0.1, -0.05) is 48.9 Å². The molecule has 0 radical (unpaired) electrons. The van der Waals surface area contributed by atoms with Crippen LogP contribution in [0, 0.1) is 5.92 Å². The third-order valence-electron chi connectivity index (χ3n) is 6.58. The van der Waals surface area contributed by atoms with Gasteiger partial charge in [0.25, 0.3) is 0 Å². The lowest BCUT2D eigenvalue weighted by atomic mass is 9.91. The van der Waals surface area contributed by atoms with Crippen LogP contribution in [0.15, 0.2) is 48.3 Å². The molecule has 2 fully saturated rings. The molecule has 3 N–H and O–H groups in total. The van der Waals surface area contributed by atoms with E-state index in [1.54, 1.807) is 11.8 Å². The van der Waals surface area contributed by atoms with E-state index in [-0.39, 0.29) is 31.4 Å². The largest absolute Gasteiger partial charge is 0.480 e. The van der Waals surface area contributed by atoms with Crippen LogP contribution in [-0.2, 0) is 17.9 Å². The second-order valence-electron chi connectivity index (χ2n) is 8.97. The fraction of sp³-hybridized carbons (Fsp3) is 0.520. The van der Waals surface area contributed by atoms with Gasteiger partial charge in [0.2, 0.25) is 0 Å². The van der Waals surface area contributed by atoms with Crippen LogP contribution < -0.4 is 10.6 Å². The van der Waals surface area contributed by atoms with E-state index in [9.17, 15) is 4.79 Å². The van der Waals surface area contributed by atoms with Crippen molar-refractivity contribution >= 4 is 36.9 Å². The number of hydrogen-bond acceptors (Lipinski definition) is 4. The number of aromatic nitrogens is 2. The Bertz CT molecular complexity index is 895. The maximum Gasteiger partial charge on any atom is 0.325 e. The molecule has 0 amide bonds. The number of rotatable bonds is 10. The van der Waals surface area contributed by atoms with E-state index in [1.807, 2.05) is 6.20 Å². The van der Waals surface area contributed by atoms with Crippen molar-refractivity contribution in [3.05, 3.63) is 59.4 Å². The summed E-state index contributed by atoms with van der Waals surface area (Å²) in [6, 6.07) is 12.5. The number of aliphatic carboxylic acids is 1. The quantitative estimate of drug-likeness (QED) is 0.446. The second-order valence-corrected chi connectivity index (χ2v) is 8.97. The van der Waals surface area contributed by atoms with Crippen molar-refractivity contribution in [1.29, 1.82) is 0 Å². The van der Waals surface area contributed by atoms with Crippen LogP contribution in [0.5, 0.6) is 0 Å². The Hall–Kier alpha value is -1.86. The number of carbonyl (C=O) groups is 1. The molecule has 1 aromatic carbocycles. The molecule has 2 atom stereocenters. The van der Waals surface area contributed by atoms with E-state index in [0.29, 0.717) is 24.0 Å². The van der Waals surface area contributed by atoms with Crippen molar-refractivity contribution in [3.63, 3.8) is 0 Å². The molecule has 2 saturated carbocycles. The number of nitrogens with zero attached hydrogens (tertiary/aromatic N) is 2. The number of nitrogens with one attached hydrogen (secondary N) is 2. The summed E-state index contributed by atoms with van der Waals surface area (Å²) in [6.07, 6.45) is 13.1. The lowest BCUT2D eigenvalue weighted by Gasteiger charge is -2.30. The van der Waals surface area contributed by atoms with Gasteiger partial charge in [-0.25, -0.2) is 0 Å². The molecule has 2 aliphatic carbocycles. The second kappa shape index (κ2) is 13.1. The topological polar surface area (TPSA) is 79.2 Å². The third-order valence-corrected chi connectivity index (χ3v) is 6.58. The average molecular weight is 495 g/mol. The molecule has 2 aliphatic rings. The van der Waals surface area contributed by atoms with Gasteiger partial charge in [0.15, 0.2) is 0 Å². The molecule has 182 valence electrons. The molecule has 0 bridgehead atoms. The van der Waals surface area contributed by atoms with Crippen molar-refractivity contribution in [2.45, 2.75) is 76.7 Å². The van der Waals surface area contributed by atoms with Gasteiger partial charge < -0.3 is 15.7 Å². The van der Waals surface area contributed by atoms with Gasteiger partial charge in [-0.15, -0.1) is 24.8 Å². The van der Waals surface area contributed by atoms with Gasteiger partial charge in [-0.05, 0) is 50.0 Å². The number of carboxylic acids is 1. The highest BCUT2D eigenvalue weighted by Crippen LogP contribution is 2.40. The minimum Gasteiger partial charge on any atom is -0.480 e. The molecular formula is C25H36Cl2N4O2. The predicted octanol–water partition coefficient (Wildman–Crippen LogP) is 4.68. The number of hydrogen-bond donors (Lipinski definition) is 3. The zero-order chi connectivity index (χ0) is 21.6. The van der Waals surface area contributed by atoms with Gasteiger partial charge in [-0.3, -0.25) is 9.48 Å². The highest BCUT2D eigenvalue weighted by Gasteiger charge is 2.40. The first-order valence-electron chi connectivity index (χ1n) is 11.6. The molecule has 8 heteroatoms. The van der Waals surface area contributed by atoms with Crippen LogP contribution in [0.4, 0.5) is 0 Å². The first-order valence-corrected chi connectivity index (χ1v) is 11.6. The summed E-state index contributed by atoms with van der Waals surface area (Å²) in [4.78, 5) is 10.8. The SMILES string of the molecule is CC/C(=C\c1ccccc1)C1CC1NC1CCC(NCc2cnn(CC(=O)O)c2)CC1.Cl.Cl. The Kier molecular flexibility index (Phi) is 10.9. The average Bonchev–Trinajstić information content (AvgIpc) is 3.39. The fourth-order valence-corrected chi connectivity index (χ4v) is 4.78. The van der Waals surface area contributed by atoms with Crippen molar-refractivity contribution in [1.82, 2.24) is 20.4 Å². The monoisotopic (exact) mass is 494 g/mol. The maximum atomic E-state index is 10.8. The smallest absolute Gasteiger partial charge is 0.325 e. The molecule has 33 heavy (non-hydrogen) atoms. The Morgan fingerprint density at radius 1 is 1.15 bits per heavy atom. The Morgan fingerprint density at radius 3 is 2.52 bits per heavy atom. The summed E-state index contributed by atoms with van der Waals surface area (Å²) in [5.74, 6) is -0.170. The van der Waals surface area contributed by atoms with Crippen LogP contribution in [0.3, 0.4) is 0 Å². The van der Waals surface area contributed by atoms with Gasteiger partial charge >= 0.3 is 5.97 Å². The van der Waals surface area contributed by atoms with Crippen LogP contribution >= 0.6 is 24.8 Å². The van der Waals surface area contributed by atoms with Crippen molar-refractivity contribution in [2.24, 2.45) is 5.92 Å². The van der Waals surface area contributed by atoms with Crippen LogP contribution in [0.1, 0.15) is 56.6 Å². The van der Waals surface area contributed by atoms with E-state index >= 15 is 0 Å². The summed E-state index contributed by atoms with van der Waals surface area (Å²) < 4.78 is 1.48. The predicted molar refractivity (Wildman–Crippen MR) is 137 cm³/mol. The van der Waals surface area contributed by atoms with E-state index in [4.69, 9.17) is 5.11 Å². The third kappa shape index (κ3) is 8.14. The Labute approximate surface area is 209 Å². The summed E-state index contributed by atoms with van der Waals surface area (Å²) in [6.45, 7) is 2.93. The van der Waals surface area contributed by atoms with E-state index in [2.05, 4.69) is 59.1 Å². The van der Waals surface area contributed by atoms with Crippen LogP contribution in [0.25, 0.3) is 6.08 Å². The van der Waals surface area contributed by atoms with E-state index in [0.717, 1.165) is 18.5 Å². The lowest BCUT2D eigenvalue weighted by molar-refractivity contribution is -0.137. The minimum atomic E-state index is -0.868. The number of carboxylic acid groups (broad SMARTS) is 1. The molecule has 2 aromatic rings. The summed E-state index contributed by atoms with van der Waals surface area (Å²) in [5.41, 5.74) is 3.92. The van der Waals surface area contributed by atoms with Gasteiger partial charge in [0.1, 0.15) is 6.54 Å². The Balaban J connectivity index is 0.00000193. The zero-order valence-electron chi connectivity index (χ0n) is 19.2. The molecule has 0 spiro atoms. The first kappa shape index (κ1) is 27.4. The number of benzene rings is 1. The van der Waals surface area contributed by atoms with E-state index < -0.39 is 5.97 Å². The van der Waals surface area contributed by atoms with Crippen molar-refractivity contribution < 1.29 is 9.90 Å². The van der Waals surface area contributed by atoms with Crippen molar-refractivity contribution in [2.75, 3.05) is 0 Å². The van der Waals surface area contributed by atoms with Gasteiger partial charge in [0, 0.05) is 36.4 Å². The summed E-state index contributed by atoms with van der Waals surface area (Å²) in [7, 11) is 0. The lowest BCUT2D eigenvalue weighted by Crippen LogP contribution is -2.40. The maximum absolute atomic E-state index is 10.8. The van der Waals surface area contributed by atoms with Crippen LogP contribution in [-0.4, -0.2) is 39.0 Å². The molecule has 1 heterocycles. The normalized spacial score (nSPS) is 24.5. The first-order chi connectivity index (χ1) is 15.1. The van der Waals surface area contributed by atoms with Crippen LogP contribution in [0.2, 0.25) is 0 Å². The summed E-state index contributed by atoms with van der Waals surface area (Å²) in [5, 5.41) is 20.5. The minimum absolute atomic E-state index is 0.